The second-order valence-electron chi connectivity index (χ2n) is 13.7. The molecule has 6 nitrogen and oxygen atoms in total. The average molecular weight is 459 g/mol. The van der Waals surface area contributed by atoms with Gasteiger partial charge in [-0.15, -0.1) is 0 Å². The predicted octanol–water partition coefficient (Wildman–Crippen LogP) is 2.63. The molecule has 1 aliphatic heterocycles. The minimum absolute atomic E-state index is 0.0806. The van der Waals surface area contributed by atoms with Crippen molar-refractivity contribution in [1.82, 2.24) is 10.2 Å². The van der Waals surface area contributed by atoms with Crippen LogP contribution in [0.3, 0.4) is 0 Å². The van der Waals surface area contributed by atoms with Gasteiger partial charge in [0.05, 0.1) is 25.5 Å². The van der Waals surface area contributed by atoms with Crippen LogP contribution in [0, 0.1) is 44.8 Å². The van der Waals surface area contributed by atoms with E-state index in [1.54, 1.807) is 0 Å². The highest BCUT2D eigenvalue weighted by Crippen LogP contribution is 2.87. The number of aliphatic hydroxyl groups excluding tert-OH is 1. The van der Waals surface area contributed by atoms with Crippen molar-refractivity contribution < 1.29 is 19.4 Å². The Balaban J connectivity index is 1.43. The van der Waals surface area contributed by atoms with E-state index in [4.69, 9.17) is 4.74 Å². The molecule has 5 aliphatic carbocycles. The zero-order valence-electron chi connectivity index (χ0n) is 21.2. The molecule has 0 aromatic rings. The number of carbonyl (C=O) groups excluding carboxylic acids is 2. The van der Waals surface area contributed by atoms with Gasteiger partial charge in [0.2, 0.25) is 0 Å². The van der Waals surface area contributed by atoms with E-state index in [1.807, 2.05) is 0 Å². The number of aliphatic hydroxyl groups is 1. The fourth-order valence-electron chi connectivity index (χ4n) is 11.0. The van der Waals surface area contributed by atoms with Crippen LogP contribution in [0.5, 0.6) is 0 Å². The molecule has 6 rings (SSSR count). The van der Waals surface area contributed by atoms with Gasteiger partial charge in [0.25, 0.3) is 0 Å². The Kier molecular flexibility index (Phi) is 4.45. The van der Waals surface area contributed by atoms with Crippen molar-refractivity contribution in [2.45, 2.75) is 84.4 Å². The van der Waals surface area contributed by atoms with Gasteiger partial charge in [0, 0.05) is 35.6 Å². The van der Waals surface area contributed by atoms with E-state index in [9.17, 15) is 14.7 Å². The average Bonchev–Trinajstić information content (AvgIpc) is 3.35. The van der Waals surface area contributed by atoms with Crippen molar-refractivity contribution in [3.05, 3.63) is 0 Å². The first-order valence-corrected chi connectivity index (χ1v) is 13.1. The topological polar surface area (TPSA) is 78.9 Å². The summed E-state index contributed by atoms with van der Waals surface area (Å²) in [4.78, 5) is 30.0. The number of ketones is 2. The Bertz CT molecular complexity index is 922. The molecule has 0 aromatic carbocycles. The Morgan fingerprint density at radius 3 is 2.48 bits per heavy atom. The number of hydrogen-bond donors (Lipinski definition) is 2. The summed E-state index contributed by atoms with van der Waals surface area (Å²) >= 11 is 0. The van der Waals surface area contributed by atoms with Gasteiger partial charge in [-0.1, -0.05) is 20.8 Å². The number of fused-ring (bicyclic) bond motifs is 4. The molecule has 6 aliphatic rings. The molecule has 1 heterocycles. The number of Topliss-reactive ketones (excluding diaryl/α,β-unsaturated/α-hetero) is 2. The molecule has 33 heavy (non-hydrogen) atoms. The molecule has 0 aromatic heterocycles. The van der Waals surface area contributed by atoms with Crippen molar-refractivity contribution in [3.63, 3.8) is 0 Å². The number of nitrogens with zero attached hydrogens (tertiary/aromatic N) is 1. The van der Waals surface area contributed by atoms with Crippen molar-refractivity contribution in [3.8, 4) is 0 Å². The van der Waals surface area contributed by atoms with Gasteiger partial charge in [-0.05, 0) is 74.8 Å². The van der Waals surface area contributed by atoms with E-state index in [2.05, 4.69) is 52.0 Å². The highest BCUT2D eigenvalue weighted by atomic mass is 16.5. The first kappa shape index (κ1) is 22.6. The van der Waals surface area contributed by atoms with Crippen LogP contribution < -0.4 is 5.32 Å². The maximum absolute atomic E-state index is 14.3. The fourth-order valence-corrected chi connectivity index (χ4v) is 11.0. The second-order valence-corrected chi connectivity index (χ2v) is 13.7. The maximum Gasteiger partial charge on any atom is 0.151 e. The predicted molar refractivity (Wildman–Crippen MR) is 124 cm³/mol. The molecule has 2 N–H and O–H groups in total. The third-order valence-electron chi connectivity index (χ3n) is 12.7. The summed E-state index contributed by atoms with van der Waals surface area (Å²) in [6.07, 6.45) is 4.41. The third-order valence-corrected chi connectivity index (χ3v) is 12.7. The molecular formula is C27H42N2O4. The number of carbonyl (C=O) groups is 2. The van der Waals surface area contributed by atoms with Gasteiger partial charge in [-0.3, -0.25) is 14.9 Å². The summed E-state index contributed by atoms with van der Waals surface area (Å²) in [5, 5.41) is 14.7. The van der Waals surface area contributed by atoms with E-state index in [1.165, 1.54) is 0 Å². The minimum Gasteiger partial charge on any atom is -0.393 e. The molecule has 6 heteroatoms. The summed E-state index contributed by atoms with van der Waals surface area (Å²) in [6.45, 7) is 10.2. The standard InChI is InChI=1S/C27H42N2O4/c1-15(29(5)6)21-16(30)9-24(3)19-8-7-18-23(2)13-33-14-28-22(23)17(31)10-26(18)12-27(19,26)20(32)11-25(21,24)4/h15-16,18-19,21-22,28,30H,7-14H2,1-6H3/t15?,16-,18?,19?,21+,22+,23+,24+,25-,26?,27+/m1/s1. The van der Waals surface area contributed by atoms with Gasteiger partial charge in [0.1, 0.15) is 5.78 Å². The largest absolute Gasteiger partial charge is 0.393 e. The first-order chi connectivity index (χ1) is 15.4. The smallest absolute Gasteiger partial charge is 0.151 e. The molecule has 11 atom stereocenters. The molecule has 0 bridgehead atoms. The van der Waals surface area contributed by atoms with Crippen molar-refractivity contribution >= 4 is 11.6 Å². The molecule has 2 spiro atoms. The summed E-state index contributed by atoms with van der Waals surface area (Å²) in [7, 11) is 4.16. The summed E-state index contributed by atoms with van der Waals surface area (Å²) in [6, 6.07) is 0.0637. The molecule has 0 amide bonds. The van der Waals surface area contributed by atoms with E-state index in [0.29, 0.717) is 37.9 Å². The maximum atomic E-state index is 14.3. The molecule has 184 valence electrons. The zero-order valence-corrected chi connectivity index (χ0v) is 21.2. The lowest BCUT2D eigenvalue weighted by atomic mass is 9.41. The molecule has 5 saturated carbocycles. The van der Waals surface area contributed by atoms with Gasteiger partial charge in [-0.25, -0.2) is 0 Å². The number of nitrogens with one attached hydrogen (secondary N) is 1. The van der Waals surface area contributed by atoms with E-state index >= 15 is 0 Å². The number of hydrogen-bond acceptors (Lipinski definition) is 6. The van der Waals surface area contributed by atoms with E-state index in [0.717, 1.165) is 25.7 Å². The van der Waals surface area contributed by atoms with Gasteiger partial charge in [-0.2, -0.15) is 0 Å². The van der Waals surface area contributed by atoms with Gasteiger partial charge in [0.15, 0.2) is 5.78 Å². The second kappa shape index (κ2) is 6.48. The Labute approximate surface area is 198 Å². The zero-order chi connectivity index (χ0) is 23.8. The van der Waals surface area contributed by atoms with E-state index < -0.39 is 6.10 Å². The SMILES string of the molecule is CC([C@H]1[C@H](O)C[C@@]2(C)C3CCC4C5(CC(=O)[C@@H]6NCOC[C@@]46C)C[C@@]35C(=O)C[C@]12C)N(C)C. The van der Waals surface area contributed by atoms with E-state index in [-0.39, 0.29) is 56.8 Å². The summed E-state index contributed by atoms with van der Waals surface area (Å²) in [5.74, 6) is 1.36. The quantitative estimate of drug-likeness (QED) is 0.662. The molecule has 4 unspecified atom stereocenters. The normalized spacial score (nSPS) is 58.1. The lowest BCUT2D eigenvalue weighted by Crippen LogP contribution is -2.67. The summed E-state index contributed by atoms with van der Waals surface area (Å²) < 4.78 is 5.86. The van der Waals surface area contributed by atoms with Crippen molar-refractivity contribution in [1.29, 1.82) is 0 Å². The van der Waals surface area contributed by atoms with Crippen LogP contribution in [0.2, 0.25) is 0 Å². The van der Waals surface area contributed by atoms with Crippen LogP contribution in [-0.2, 0) is 14.3 Å². The first-order valence-electron chi connectivity index (χ1n) is 13.1. The van der Waals surface area contributed by atoms with Crippen LogP contribution >= 0.6 is 0 Å². The molecule has 1 saturated heterocycles. The molecule has 6 fully saturated rings. The third kappa shape index (κ3) is 2.31. The number of ether oxygens (including phenoxy) is 1. The van der Waals surface area contributed by atoms with Gasteiger partial charge < -0.3 is 14.7 Å². The van der Waals surface area contributed by atoms with Crippen LogP contribution in [0.1, 0.15) is 66.2 Å². The van der Waals surface area contributed by atoms with Crippen LogP contribution in [0.25, 0.3) is 0 Å². The Morgan fingerprint density at radius 1 is 1.09 bits per heavy atom. The highest BCUT2D eigenvalue weighted by Gasteiger charge is 2.87. The molecule has 0 radical (unpaired) electrons. The van der Waals surface area contributed by atoms with Crippen molar-refractivity contribution in [2.24, 2.45) is 44.8 Å². The highest BCUT2D eigenvalue weighted by molar-refractivity contribution is 5.96. The fraction of sp³-hybridized carbons (Fsp3) is 0.926. The number of rotatable bonds is 2. The monoisotopic (exact) mass is 458 g/mol. The molecular weight excluding hydrogens is 416 g/mol. The lowest BCUT2D eigenvalue weighted by Gasteiger charge is -2.63. The van der Waals surface area contributed by atoms with Crippen LogP contribution in [0.15, 0.2) is 0 Å². The van der Waals surface area contributed by atoms with Crippen LogP contribution in [-0.4, -0.2) is 67.2 Å². The van der Waals surface area contributed by atoms with Gasteiger partial charge >= 0.3 is 0 Å². The van der Waals surface area contributed by atoms with Crippen LogP contribution in [0.4, 0.5) is 0 Å². The summed E-state index contributed by atoms with van der Waals surface area (Å²) in [5.41, 5.74) is -1.12. The Hall–Kier alpha value is -0.820. The lowest BCUT2D eigenvalue weighted by molar-refractivity contribution is -0.183. The van der Waals surface area contributed by atoms with Crippen molar-refractivity contribution in [2.75, 3.05) is 27.4 Å². The Morgan fingerprint density at radius 2 is 1.79 bits per heavy atom. The minimum atomic E-state index is -0.390.